The number of likely N-dealkylation sites (tertiary alicyclic amines) is 1. The number of carboxylic acid groups (broad SMARTS) is 1. The first-order chi connectivity index (χ1) is 9.73. The molecular weight excluding hydrogens is 276 g/mol. The van der Waals surface area contributed by atoms with Crippen molar-refractivity contribution in [1.82, 2.24) is 10.2 Å². The minimum absolute atomic E-state index is 0.000377. The van der Waals surface area contributed by atoms with E-state index in [0.29, 0.717) is 25.6 Å². The maximum absolute atomic E-state index is 12.0. The predicted octanol–water partition coefficient (Wildman–Crippen LogP) is 1.08. The summed E-state index contributed by atoms with van der Waals surface area (Å²) < 4.78 is 5.06. The fourth-order valence-corrected chi connectivity index (χ4v) is 2.54. The third-order valence-corrected chi connectivity index (χ3v) is 3.49. The van der Waals surface area contributed by atoms with Crippen molar-refractivity contribution in [3.63, 3.8) is 0 Å². The van der Waals surface area contributed by atoms with Gasteiger partial charge in [0.1, 0.15) is 0 Å². The number of carbonyl (C=O) groups is 3. The summed E-state index contributed by atoms with van der Waals surface area (Å²) in [4.78, 5) is 36.1. The number of nitrogens with one attached hydrogen (secondary N) is 1. The lowest BCUT2D eigenvalue weighted by atomic mass is 9.85. The van der Waals surface area contributed by atoms with Gasteiger partial charge in [0.2, 0.25) is 5.91 Å². The molecule has 1 atom stereocenters. The first kappa shape index (κ1) is 17.4. The van der Waals surface area contributed by atoms with Crippen molar-refractivity contribution in [2.75, 3.05) is 26.8 Å². The van der Waals surface area contributed by atoms with Crippen LogP contribution in [0.5, 0.6) is 0 Å². The summed E-state index contributed by atoms with van der Waals surface area (Å²) in [5, 5.41) is 11.1. The van der Waals surface area contributed by atoms with E-state index < -0.39 is 23.3 Å². The smallest absolute Gasteiger partial charge is 0.324 e. The van der Waals surface area contributed by atoms with Gasteiger partial charge >= 0.3 is 12.0 Å². The van der Waals surface area contributed by atoms with Gasteiger partial charge < -0.3 is 14.7 Å². The summed E-state index contributed by atoms with van der Waals surface area (Å²) in [6, 6.07) is -0.412. The molecule has 0 aromatic carbocycles. The molecule has 1 saturated heterocycles. The highest BCUT2D eigenvalue weighted by Crippen LogP contribution is 2.25. The molecule has 0 spiro atoms. The van der Waals surface area contributed by atoms with Crippen molar-refractivity contribution in [2.45, 2.75) is 33.1 Å². The van der Waals surface area contributed by atoms with E-state index in [9.17, 15) is 14.4 Å². The van der Waals surface area contributed by atoms with Gasteiger partial charge in [0.05, 0.1) is 13.0 Å². The van der Waals surface area contributed by atoms with Gasteiger partial charge in [-0.15, -0.1) is 0 Å². The van der Waals surface area contributed by atoms with E-state index in [4.69, 9.17) is 9.84 Å². The Morgan fingerprint density at radius 3 is 2.57 bits per heavy atom. The second-order valence-electron chi connectivity index (χ2n) is 6.32. The number of carbonyl (C=O) groups excluding carboxylic acids is 2. The summed E-state index contributed by atoms with van der Waals surface area (Å²) in [7, 11) is 1.62. The highest BCUT2D eigenvalue weighted by atomic mass is 16.5. The molecule has 0 bridgehead atoms. The Balaban J connectivity index is 2.41. The number of imide groups is 1. The second kappa shape index (κ2) is 7.40. The lowest BCUT2D eigenvalue weighted by Crippen LogP contribution is -2.43. The van der Waals surface area contributed by atoms with Crippen LogP contribution in [0.2, 0.25) is 0 Å². The number of hydrogen-bond acceptors (Lipinski definition) is 4. The fourth-order valence-electron chi connectivity index (χ4n) is 2.54. The topological polar surface area (TPSA) is 95.9 Å². The number of rotatable bonds is 6. The monoisotopic (exact) mass is 300 g/mol. The molecule has 1 heterocycles. The van der Waals surface area contributed by atoms with Crippen LogP contribution in [0.4, 0.5) is 4.79 Å². The van der Waals surface area contributed by atoms with Crippen LogP contribution in [-0.2, 0) is 14.3 Å². The Morgan fingerprint density at radius 1 is 1.33 bits per heavy atom. The Bertz CT molecular complexity index is 408. The molecule has 0 aliphatic carbocycles. The number of carboxylic acids is 1. The third-order valence-electron chi connectivity index (χ3n) is 3.49. The molecule has 21 heavy (non-hydrogen) atoms. The number of nitrogens with zero attached hydrogens (tertiary/aromatic N) is 1. The molecule has 3 amide bonds. The Hall–Kier alpha value is -1.63. The zero-order chi connectivity index (χ0) is 16.0. The molecule has 0 aromatic heterocycles. The maximum Gasteiger partial charge on any atom is 0.324 e. The molecule has 1 aliphatic heterocycles. The third kappa shape index (κ3) is 6.12. The average molecular weight is 300 g/mol. The molecule has 2 N–H and O–H groups in total. The zero-order valence-electron chi connectivity index (χ0n) is 12.8. The molecule has 7 nitrogen and oxygen atoms in total. The van der Waals surface area contributed by atoms with Gasteiger partial charge in [-0.1, -0.05) is 13.8 Å². The largest absolute Gasteiger partial charge is 0.481 e. The van der Waals surface area contributed by atoms with Gasteiger partial charge in [0, 0.05) is 32.5 Å². The SMILES string of the molecule is COCC1CCN(C(=O)NC(=O)CC(C)(C)CC(=O)O)C1. The van der Waals surface area contributed by atoms with Gasteiger partial charge in [-0.05, 0) is 11.8 Å². The van der Waals surface area contributed by atoms with E-state index in [-0.39, 0.29) is 12.8 Å². The normalized spacial score (nSPS) is 18.6. The number of methoxy groups -OCH3 is 1. The number of hydrogen-bond donors (Lipinski definition) is 2. The van der Waals surface area contributed by atoms with Crippen LogP contribution in [0, 0.1) is 11.3 Å². The number of urea groups is 1. The number of amides is 3. The molecule has 7 heteroatoms. The molecule has 0 radical (unpaired) electrons. The molecule has 0 aromatic rings. The second-order valence-corrected chi connectivity index (χ2v) is 6.32. The average Bonchev–Trinajstić information content (AvgIpc) is 2.75. The first-order valence-electron chi connectivity index (χ1n) is 7.03. The predicted molar refractivity (Wildman–Crippen MR) is 75.7 cm³/mol. The van der Waals surface area contributed by atoms with Gasteiger partial charge in [0.25, 0.3) is 0 Å². The van der Waals surface area contributed by atoms with Gasteiger partial charge in [-0.2, -0.15) is 0 Å². The lowest BCUT2D eigenvalue weighted by molar-refractivity contribution is -0.139. The van der Waals surface area contributed by atoms with Gasteiger partial charge in [-0.3, -0.25) is 14.9 Å². The van der Waals surface area contributed by atoms with E-state index in [1.54, 1.807) is 25.9 Å². The summed E-state index contributed by atoms with van der Waals surface area (Å²) in [6.45, 7) is 5.16. The molecule has 1 aliphatic rings. The number of aliphatic carboxylic acids is 1. The van der Waals surface area contributed by atoms with Gasteiger partial charge in [0.15, 0.2) is 0 Å². The van der Waals surface area contributed by atoms with Crippen LogP contribution >= 0.6 is 0 Å². The van der Waals surface area contributed by atoms with Crippen molar-refractivity contribution in [3.05, 3.63) is 0 Å². The van der Waals surface area contributed by atoms with E-state index in [2.05, 4.69) is 5.32 Å². The van der Waals surface area contributed by atoms with E-state index in [0.717, 1.165) is 6.42 Å². The van der Waals surface area contributed by atoms with Crippen LogP contribution in [-0.4, -0.2) is 54.7 Å². The van der Waals surface area contributed by atoms with Crippen molar-refractivity contribution in [2.24, 2.45) is 11.3 Å². The minimum atomic E-state index is -0.957. The summed E-state index contributed by atoms with van der Waals surface area (Å²) >= 11 is 0. The van der Waals surface area contributed by atoms with Crippen LogP contribution in [0.3, 0.4) is 0 Å². The fraction of sp³-hybridized carbons (Fsp3) is 0.786. The summed E-state index contributed by atoms with van der Waals surface area (Å²) in [5.74, 6) is -1.10. The summed E-state index contributed by atoms with van der Waals surface area (Å²) in [5.41, 5.74) is -0.681. The molecule has 0 saturated carbocycles. The molecule has 120 valence electrons. The Labute approximate surface area is 124 Å². The Morgan fingerprint density at radius 2 is 2.00 bits per heavy atom. The van der Waals surface area contributed by atoms with Crippen LogP contribution in [0.1, 0.15) is 33.1 Å². The summed E-state index contributed by atoms with van der Waals surface area (Å²) in [6.07, 6.45) is 0.745. The molecule has 1 unspecified atom stereocenters. The number of ether oxygens (including phenoxy) is 1. The highest BCUT2D eigenvalue weighted by molar-refractivity contribution is 5.94. The van der Waals surface area contributed by atoms with E-state index in [1.165, 1.54) is 0 Å². The minimum Gasteiger partial charge on any atom is -0.481 e. The standard InChI is InChI=1S/C14H24N2O5/c1-14(2,7-12(18)19)6-11(17)15-13(20)16-5-4-10(8-16)9-21-3/h10H,4-9H2,1-3H3,(H,18,19)(H,15,17,20). The molecule has 1 rings (SSSR count). The van der Waals surface area contributed by atoms with E-state index in [1.807, 2.05) is 0 Å². The van der Waals surface area contributed by atoms with Crippen LogP contribution < -0.4 is 5.32 Å². The van der Waals surface area contributed by atoms with Crippen molar-refractivity contribution < 1.29 is 24.2 Å². The van der Waals surface area contributed by atoms with E-state index >= 15 is 0 Å². The van der Waals surface area contributed by atoms with Crippen molar-refractivity contribution >= 4 is 17.9 Å². The van der Waals surface area contributed by atoms with Crippen molar-refractivity contribution in [1.29, 1.82) is 0 Å². The quantitative estimate of drug-likeness (QED) is 0.765. The van der Waals surface area contributed by atoms with Crippen LogP contribution in [0.15, 0.2) is 0 Å². The molecule has 1 fully saturated rings. The highest BCUT2D eigenvalue weighted by Gasteiger charge is 2.29. The first-order valence-corrected chi connectivity index (χ1v) is 7.03. The van der Waals surface area contributed by atoms with Crippen molar-refractivity contribution in [3.8, 4) is 0 Å². The maximum atomic E-state index is 12.0. The van der Waals surface area contributed by atoms with Crippen LogP contribution in [0.25, 0.3) is 0 Å². The van der Waals surface area contributed by atoms with Gasteiger partial charge in [-0.25, -0.2) is 4.79 Å². The lowest BCUT2D eigenvalue weighted by Gasteiger charge is -2.22. The Kier molecular flexibility index (Phi) is 6.14. The molecular formula is C14H24N2O5. The zero-order valence-corrected chi connectivity index (χ0v) is 12.8.